The van der Waals surface area contributed by atoms with E-state index in [0.29, 0.717) is 32.1 Å². The zero-order chi connectivity index (χ0) is 31.7. The van der Waals surface area contributed by atoms with E-state index in [2.05, 4.69) is 75.2 Å². The fraction of sp³-hybridized carbons (Fsp3) is 0.829. The van der Waals surface area contributed by atoms with Gasteiger partial charge in [0.05, 0.1) is 6.61 Å². The van der Waals surface area contributed by atoms with Gasteiger partial charge in [0.1, 0.15) is 23.7 Å². The Balaban J connectivity index is 1.70. The highest BCUT2D eigenvalue weighted by Gasteiger charge is 2.34. The van der Waals surface area contributed by atoms with Crippen LogP contribution in [0, 0.1) is 38.5 Å². The van der Waals surface area contributed by atoms with Crippen molar-refractivity contribution >= 4 is 12.3 Å². The zero-order valence-corrected chi connectivity index (χ0v) is 29.7. The molecule has 7 nitrogen and oxygen atoms in total. The molecule has 1 aliphatic heterocycles. The van der Waals surface area contributed by atoms with Crippen LogP contribution >= 0.6 is 12.3 Å². The lowest BCUT2D eigenvalue weighted by Crippen LogP contribution is -2.37. The van der Waals surface area contributed by atoms with Gasteiger partial charge in [-0.25, -0.2) is 0 Å². The summed E-state index contributed by atoms with van der Waals surface area (Å²) in [4.78, 5) is 4.53. The molecule has 0 bridgehead atoms. The number of unbranched alkanes of at least 4 members (excludes halogenated alkanes) is 2. The summed E-state index contributed by atoms with van der Waals surface area (Å²) < 4.78 is 22.9. The van der Waals surface area contributed by atoms with Crippen LogP contribution in [0.5, 0.6) is 11.5 Å². The Morgan fingerprint density at radius 3 is 2.19 bits per heavy atom. The first-order chi connectivity index (χ1) is 20.6. The molecular weight excluding hydrogens is 562 g/mol. The number of hydrogen-bond acceptors (Lipinski definition) is 8. The Labute approximate surface area is 268 Å². The average Bonchev–Trinajstić information content (AvgIpc) is 2.96. The minimum atomic E-state index is -0.0974. The first kappa shape index (κ1) is 38.2. The molecule has 0 saturated carbocycles. The van der Waals surface area contributed by atoms with Gasteiger partial charge in [-0.05, 0) is 92.9 Å². The second-order valence-electron chi connectivity index (χ2n) is 13.6. The van der Waals surface area contributed by atoms with Gasteiger partial charge in [0, 0.05) is 12.1 Å². The number of fused-ring (bicyclic) bond motifs is 1. The van der Waals surface area contributed by atoms with Crippen LogP contribution in [-0.2, 0) is 25.0 Å². The minimum absolute atomic E-state index is 0.0974. The SMILES string of the molecule is CCNOOOSOCCOc1c(C)c(C)c2c(c1C)CCC(C)(CCCCCC(C)CCCC(C)CCCC(C)C)O2. The van der Waals surface area contributed by atoms with Crippen molar-refractivity contribution in [2.24, 2.45) is 17.8 Å². The van der Waals surface area contributed by atoms with E-state index in [9.17, 15) is 0 Å². The minimum Gasteiger partial charge on any atom is -0.491 e. The number of rotatable bonds is 24. The first-order valence-corrected chi connectivity index (χ1v) is 17.7. The normalized spacial score (nSPS) is 18.0. The molecule has 0 saturated heterocycles. The molecule has 0 fully saturated rings. The first-order valence-electron chi connectivity index (χ1n) is 17.0. The molecule has 0 spiro atoms. The van der Waals surface area contributed by atoms with Crippen molar-refractivity contribution in [2.45, 2.75) is 151 Å². The van der Waals surface area contributed by atoms with E-state index in [1.54, 1.807) is 0 Å². The molecule has 0 radical (unpaired) electrons. The van der Waals surface area contributed by atoms with E-state index in [1.165, 1.54) is 80.9 Å². The summed E-state index contributed by atoms with van der Waals surface area (Å²) in [5, 5.41) is 4.42. The van der Waals surface area contributed by atoms with Gasteiger partial charge in [-0.15, -0.1) is 9.32 Å². The van der Waals surface area contributed by atoms with E-state index in [0.717, 1.165) is 54.1 Å². The van der Waals surface area contributed by atoms with E-state index >= 15 is 0 Å². The lowest BCUT2D eigenvalue weighted by Gasteiger charge is -2.38. The maximum absolute atomic E-state index is 6.78. The summed E-state index contributed by atoms with van der Waals surface area (Å²) >= 11 is 0.703. The van der Waals surface area contributed by atoms with Crippen LogP contribution in [0.1, 0.15) is 141 Å². The zero-order valence-electron chi connectivity index (χ0n) is 28.9. The summed E-state index contributed by atoms with van der Waals surface area (Å²) in [7, 11) is 0. The molecule has 1 aromatic rings. The summed E-state index contributed by atoms with van der Waals surface area (Å²) in [6, 6.07) is 0. The van der Waals surface area contributed by atoms with Crippen LogP contribution in [0.15, 0.2) is 0 Å². The molecule has 2 rings (SSSR count). The molecule has 3 atom stereocenters. The van der Waals surface area contributed by atoms with Crippen LogP contribution in [0.2, 0.25) is 0 Å². The van der Waals surface area contributed by atoms with Gasteiger partial charge >= 0.3 is 0 Å². The summed E-state index contributed by atoms with van der Waals surface area (Å²) in [5.41, 5.74) is 7.17. The molecule has 3 unspecified atom stereocenters. The predicted octanol–water partition coefficient (Wildman–Crippen LogP) is 10.3. The monoisotopic (exact) mass is 625 g/mol. The molecule has 0 aliphatic carbocycles. The van der Waals surface area contributed by atoms with Crippen molar-refractivity contribution < 1.29 is 28.0 Å². The van der Waals surface area contributed by atoms with E-state index in [1.807, 2.05) is 6.92 Å². The van der Waals surface area contributed by atoms with Crippen LogP contribution in [-0.4, -0.2) is 25.4 Å². The highest BCUT2D eigenvalue weighted by atomic mass is 32.2. The molecule has 8 heteroatoms. The third kappa shape index (κ3) is 14.3. The molecule has 43 heavy (non-hydrogen) atoms. The van der Waals surface area contributed by atoms with Crippen molar-refractivity contribution in [3.05, 3.63) is 22.3 Å². The van der Waals surface area contributed by atoms with Crippen LogP contribution in [0.4, 0.5) is 0 Å². The van der Waals surface area contributed by atoms with Crippen molar-refractivity contribution in [3.8, 4) is 11.5 Å². The number of ether oxygens (including phenoxy) is 2. The number of benzene rings is 1. The largest absolute Gasteiger partial charge is 0.491 e. The average molecular weight is 626 g/mol. The highest BCUT2D eigenvalue weighted by molar-refractivity contribution is 7.89. The van der Waals surface area contributed by atoms with E-state index in [4.69, 9.17) is 13.7 Å². The third-order valence-electron chi connectivity index (χ3n) is 9.09. The summed E-state index contributed by atoms with van der Waals surface area (Å²) in [6.45, 7) is 21.5. The maximum Gasteiger partial charge on any atom is 0.197 e. The van der Waals surface area contributed by atoms with Gasteiger partial charge in [-0.1, -0.05) is 92.4 Å². The van der Waals surface area contributed by atoms with Gasteiger partial charge in [0.15, 0.2) is 12.3 Å². The molecule has 1 N–H and O–H groups in total. The van der Waals surface area contributed by atoms with Crippen molar-refractivity contribution in [3.63, 3.8) is 0 Å². The molecule has 1 aliphatic rings. The van der Waals surface area contributed by atoms with Crippen molar-refractivity contribution in [1.82, 2.24) is 5.48 Å². The van der Waals surface area contributed by atoms with E-state index in [-0.39, 0.29) is 5.60 Å². The van der Waals surface area contributed by atoms with Crippen LogP contribution < -0.4 is 15.0 Å². The number of hydrogen-bond donors (Lipinski definition) is 1. The number of hydroxylamine groups is 1. The van der Waals surface area contributed by atoms with Gasteiger partial charge < -0.3 is 9.47 Å². The lowest BCUT2D eigenvalue weighted by molar-refractivity contribution is -0.487. The van der Waals surface area contributed by atoms with Crippen LogP contribution in [0.3, 0.4) is 0 Å². The fourth-order valence-electron chi connectivity index (χ4n) is 6.16. The van der Waals surface area contributed by atoms with Crippen molar-refractivity contribution in [1.29, 1.82) is 0 Å². The van der Waals surface area contributed by atoms with Crippen LogP contribution in [0.25, 0.3) is 0 Å². The molecule has 1 aromatic carbocycles. The molecule has 0 amide bonds. The van der Waals surface area contributed by atoms with Gasteiger partial charge in [0.25, 0.3) is 0 Å². The topological polar surface area (TPSA) is 67.4 Å². The molecule has 250 valence electrons. The Morgan fingerprint density at radius 1 is 0.837 bits per heavy atom. The molecule has 1 heterocycles. The number of nitrogens with one attached hydrogen (secondary N) is 1. The molecule has 0 aromatic heterocycles. The quantitative estimate of drug-likeness (QED) is 0.0527. The standard InChI is InChI=1S/C35H63NO6S/c1-10-36-40-41-42-43-38-25-24-37-33-29(6)30(7)34-32(31(33)8)21-23-35(9,39-34)22-13-11-12-17-27(4)19-15-20-28(5)18-14-16-26(2)3/h26-28,36H,10-25H2,1-9H3. The summed E-state index contributed by atoms with van der Waals surface area (Å²) in [6.07, 6.45) is 16.8. The summed E-state index contributed by atoms with van der Waals surface area (Å²) in [5.74, 6) is 4.57. The van der Waals surface area contributed by atoms with Gasteiger partial charge in [-0.3, -0.25) is 4.18 Å². The third-order valence-corrected chi connectivity index (χ3v) is 9.47. The maximum atomic E-state index is 6.78. The Morgan fingerprint density at radius 2 is 1.51 bits per heavy atom. The fourth-order valence-corrected chi connectivity index (χ4v) is 6.39. The Kier molecular flexibility index (Phi) is 18.5. The Hall–Kier alpha value is -1.03. The smallest absolute Gasteiger partial charge is 0.197 e. The predicted molar refractivity (Wildman–Crippen MR) is 178 cm³/mol. The Bertz CT molecular complexity index is 913. The van der Waals surface area contributed by atoms with Gasteiger partial charge in [0.2, 0.25) is 0 Å². The van der Waals surface area contributed by atoms with Gasteiger partial charge in [-0.2, -0.15) is 5.48 Å². The second-order valence-corrected chi connectivity index (χ2v) is 14.1. The van der Waals surface area contributed by atoms with Crippen molar-refractivity contribution in [2.75, 3.05) is 19.8 Å². The second kappa shape index (κ2) is 20.9. The highest BCUT2D eigenvalue weighted by Crippen LogP contribution is 2.45. The lowest BCUT2D eigenvalue weighted by atomic mass is 9.84. The molecular formula is C35H63NO6S. The van der Waals surface area contributed by atoms with E-state index < -0.39 is 0 Å².